The zero-order valence-corrected chi connectivity index (χ0v) is 9.36. The molecule has 0 aromatic heterocycles. The van der Waals surface area contributed by atoms with Gasteiger partial charge in [-0.15, -0.1) is 0 Å². The largest absolute Gasteiger partial charge is 0.328 e. The number of hydrogen-bond donors (Lipinski definition) is 2. The molecule has 4 amide bonds. The average Bonchev–Trinajstić information content (AvgIpc) is 2.74. The summed E-state index contributed by atoms with van der Waals surface area (Å²) in [6.45, 7) is 0. The Morgan fingerprint density at radius 1 is 1.00 bits per heavy atom. The first-order valence-corrected chi connectivity index (χ1v) is 5.72. The van der Waals surface area contributed by atoms with Crippen LogP contribution >= 0.6 is 0 Å². The van der Waals surface area contributed by atoms with Gasteiger partial charge in [-0.1, -0.05) is 25.0 Å². The summed E-state index contributed by atoms with van der Waals surface area (Å²) in [6, 6.07) is -0.767. The van der Waals surface area contributed by atoms with Gasteiger partial charge in [0, 0.05) is 0 Å². The Labute approximate surface area is 98.9 Å². The zero-order valence-electron chi connectivity index (χ0n) is 9.36. The Morgan fingerprint density at radius 3 is 2.18 bits per heavy atom. The van der Waals surface area contributed by atoms with Gasteiger partial charge >= 0.3 is 6.03 Å². The number of carbonyl (C=O) groups is 3. The van der Waals surface area contributed by atoms with Crippen molar-refractivity contribution in [3.05, 3.63) is 23.8 Å². The second-order valence-electron chi connectivity index (χ2n) is 4.25. The van der Waals surface area contributed by atoms with Crippen molar-refractivity contribution < 1.29 is 14.4 Å². The maximum Gasteiger partial charge on any atom is 0.328 e. The van der Waals surface area contributed by atoms with Crippen LogP contribution in [0.1, 0.15) is 25.7 Å². The van der Waals surface area contributed by atoms with Crippen molar-refractivity contribution in [2.75, 3.05) is 0 Å². The molecule has 0 unspecified atom stereocenters. The minimum absolute atomic E-state index is 0.0288. The van der Waals surface area contributed by atoms with Gasteiger partial charge < -0.3 is 0 Å². The zero-order chi connectivity index (χ0) is 12.3. The number of allylic oxidation sites excluding steroid dienone is 3. The second kappa shape index (κ2) is 4.95. The number of amides is 4. The Hall–Kier alpha value is -1.91. The van der Waals surface area contributed by atoms with Crippen LogP contribution in [0.4, 0.5) is 4.79 Å². The molecule has 90 valence electrons. The predicted octanol–water partition coefficient (Wildman–Crippen LogP) is 1.03. The fraction of sp³-hybridized carbons (Fsp3) is 0.417. The maximum atomic E-state index is 11.3. The molecule has 2 N–H and O–H groups in total. The van der Waals surface area contributed by atoms with E-state index < -0.39 is 17.8 Å². The van der Waals surface area contributed by atoms with Crippen LogP contribution < -0.4 is 10.6 Å². The van der Waals surface area contributed by atoms with Crippen molar-refractivity contribution in [1.82, 2.24) is 10.6 Å². The molecule has 2 rings (SSSR count). The number of imide groups is 2. The lowest BCUT2D eigenvalue weighted by Gasteiger charge is -2.13. The van der Waals surface area contributed by atoms with E-state index in [1.807, 2.05) is 16.7 Å². The summed E-state index contributed by atoms with van der Waals surface area (Å²) in [7, 11) is 0. The van der Waals surface area contributed by atoms with Crippen molar-refractivity contribution in [3.8, 4) is 0 Å². The number of urea groups is 1. The Balaban J connectivity index is 2.02. The van der Waals surface area contributed by atoms with Gasteiger partial charge in [0.15, 0.2) is 0 Å². The highest BCUT2D eigenvalue weighted by Gasteiger charge is 2.26. The number of nitrogens with one attached hydrogen (secondary N) is 2. The van der Waals surface area contributed by atoms with Crippen molar-refractivity contribution in [1.29, 1.82) is 0 Å². The van der Waals surface area contributed by atoms with Crippen LogP contribution in [0.2, 0.25) is 0 Å². The normalized spacial score (nSPS) is 21.9. The molecule has 0 radical (unpaired) electrons. The van der Waals surface area contributed by atoms with Gasteiger partial charge in [0.05, 0.1) is 0 Å². The van der Waals surface area contributed by atoms with Gasteiger partial charge in [-0.05, 0) is 24.8 Å². The quantitative estimate of drug-likeness (QED) is 0.553. The van der Waals surface area contributed by atoms with Crippen molar-refractivity contribution in [3.63, 3.8) is 0 Å². The fourth-order valence-corrected chi connectivity index (χ4v) is 2.09. The minimum atomic E-state index is -0.767. The molecule has 0 bridgehead atoms. The van der Waals surface area contributed by atoms with Gasteiger partial charge in [0.1, 0.15) is 5.57 Å². The smallest absolute Gasteiger partial charge is 0.273 e. The predicted molar refractivity (Wildman–Crippen MR) is 60.9 cm³/mol. The summed E-state index contributed by atoms with van der Waals surface area (Å²) in [6.07, 6.45) is 9.99. The number of rotatable bonds is 2. The Morgan fingerprint density at radius 2 is 1.59 bits per heavy atom. The molecule has 2 aliphatic rings. The SMILES string of the molecule is O=C1NC(=O)C(=CC=CC2CCCC2)C(=O)N1. The molecular formula is C12H14N2O3. The molecule has 17 heavy (non-hydrogen) atoms. The molecule has 5 heteroatoms. The van der Waals surface area contributed by atoms with E-state index in [1.54, 1.807) is 6.08 Å². The topological polar surface area (TPSA) is 75.3 Å². The maximum absolute atomic E-state index is 11.3. The van der Waals surface area contributed by atoms with Crippen molar-refractivity contribution in [2.45, 2.75) is 25.7 Å². The summed E-state index contributed by atoms with van der Waals surface area (Å²) in [4.78, 5) is 33.5. The van der Waals surface area contributed by atoms with E-state index in [0.29, 0.717) is 5.92 Å². The first kappa shape index (κ1) is 11.6. The first-order chi connectivity index (χ1) is 8.16. The van der Waals surface area contributed by atoms with Crippen LogP contribution in [0.25, 0.3) is 0 Å². The third-order valence-corrected chi connectivity index (χ3v) is 2.99. The van der Waals surface area contributed by atoms with E-state index in [1.165, 1.54) is 18.9 Å². The van der Waals surface area contributed by atoms with Crippen LogP contribution in [-0.2, 0) is 9.59 Å². The van der Waals surface area contributed by atoms with Gasteiger partial charge in [0.2, 0.25) is 0 Å². The van der Waals surface area contributed by atoms with Gasteiger partial charge in [-0.25, -0.2) is 4.79 Å². The van der Waals surface area contributed by atoms with Gasteiger partial charge in [0.25, 0.3) is 11.8 Å². The number of carbonyl (C=O) groups excluding carboxylic acids is 3. The summed E-state index contributed by atoms with van der Waals surface area (Å²) >= 11 is 0. The van der Waals surface area contributed by atoms with Crippen LogP contribution in [0, 0.1) is 5.92 Å². The number of hydrogen-bond acceptors (Lipinski definition) is 3. The lowest BCUT2D eigenvalue weighted by atomic mass is 10.1. The van der Waals surface area contributed by atoms with E-state index in [4.69, 9.17) is 0 Å². The summed E-state index contributed by atoms with van der Waals surface area (Å²) < 4.78 is 0. The van der Waals surface area contributed by atoms with Crippen molar-refractivity contribution >= 4 is 17.8 Å². The van der Waals surface area contributed by atoms with E-state index in [9.17, 15) is 14.4 Å². The summed E-state index contributed by atoms with van der Waals surface area (Å²) in [5.41, 5.74) is -0.0288. The van der Waals surface area contributed by atoms with Crippen LogP contribution in [0.5, 0.6) is 0 Å². The summed E-state index contributed by atoms with van der Waals surface area (Å²) in [5.74, 6) is -0.743. The highest BCUT2D eigenvalue weighted by Crippen LogP contribution is 2.25. The van der Waals surface area contributed by atoms with Crippen molar-refractivity contribution in [2.24, 2.45) is 5.92 Å². The third kappa shape index (κ3) is 2.81. The van der Waals surface area contributed by atoms with Crippen LogP contribution in [-0.4, -0.2) is 17.8 Å². The highest BCUT2D eigenvalue weighted by molar-refractivity contribution is 6.28. The van der Waals surface area contributed by atoms with Gasteiger partial charge in [-0.2, -0.15) is 0 Å². The van der Waals surface area contributed by atoms with Gasteiger partial charge in [-0.3, -0.25) is 20.2 Å². The molecule has 1 saturated carbocycles. The molecule has 0 aromatic rings. The standard InChI is InChI=1S/C12H14N2O3/c15-10-9(11(16)14-12(17)13-10)7-3-6-8-4-1-2-5-8/h3,6-8H,1-2,4-5H2,(H2,13,14,15,16,17). The second-order valence-corrected chi connectivity index (χ2v) is 4.25. The minimum Gasteiger partial charge on any atom is -0.273 e. The molecule has 0 atom stereocenters. The molecule has 1 saturated heterocycles. The van der Waals surface area contributed by atoms with E-state index in [2.05, 4.69) is 0 Å². The molecule has 1 heterocycles. The lowest BCUT2D eigenvalue weighted by molar-refractivity contribution is -0.124. The Bertz CT molecular complexity index is 395. The molecule has 0 spiro atoms. The molecular weight excluding hydrogens is 220 g/mol. The summed E-state index contributed by atoms with van der Waals surface area (Å²) in [5, 5.41) is 4.05. The lowest BCUT2D eigenvalue weighted by Crippen LogP contribution is -2.51. The monoisotopic (exact) mass is 234 g/mol. The average molecular weight is 234 g/mol. The number of barbiturate groups is 1. The van der Waals surface area contributed by atoms with E-state index in [-0.39, 0.29) is 5.57 Å². The van der Waals surface area contributed by atoms with E-state index in [0.717, 1.165) is 12.8 Å². The fourth-order valence-electron chi connectivity index (χ4n) is 2.09. The molecule has 2 fully saturated rings. The molecule has 1 aliphatic carbocycles. The molecule has 1 aliphatic heterocycles. The molecule has 0 aromatic carbocycles. The highest BCUT2D eigenvalue weighted by atomic mass is 16.2. The van der Waals surface area contributed by atoms with Crippen LogP contribution in [0.15, 0.2) is 23.8 Å². The molecule has 5 nitrogen and oxygen atoms in total. The first-order valence-electron chi connectivity index (χ1n) is 5.72. The van der Waals surface area contributed by atoms with Crippen LogP contribution in [0.3, 0.4) is 0 Å². The Kier molecular flexibility index (Phi) is 3.37. The van der Waals surface area contributed by atoms with E-state index >= 15 is 0 Å². The third-order valence-electron chi connectivity index (χ3n) is 2.99.